The van der Waals surface area contributed by atoms with Gasteiger partial charge in [-0.25, -0.2) is 13.1 Å². The predicted octanol–water partition coefficient (Wildman–Crippen LogP) is -0.307. The normalized spacial score (nSPS) is 25.1. The van der Waals surface area contributed by atoms with Gasteiger partial charge in [0.2, 0.25) is 10.0 Å². The quantitative estimate of drug-likeness (QED) is 0.687. The molecule has 2 atom stereocenters. The lowest BCUT2D eigenvalue weighted by Gasteiger charge is -2.24. The Hall–Kier alpha value is -0.170. The Morgan fingerprint density at radius 3 is 2.87 bits per heavy atom. The first-order chi connectivity index (χ1) is 7.06. The third-order valence-electron chi connectivity index (χ3n) is 2.47. The van der Waals surface area contributed by atoms with Gasteiger partial charge in [0, 0.05) is 19.7 Å². The molecule has 0 saturated carbocycles. The molecule has 0 aromatic carbocycles. The van der Waals surface area contributed by atoms with E-state index in [1.165, 1.54) is 0 Å². The number of hydrogen-bond acceptors (Lipinski definition) is 4. The number of piperidine rings is 1. The van der Waals surface area contributed by atoms with Gasteiger partial charge >= 0.3 is 0 Å². The molecular formula is C9H20N2O3S. The molecule has 1 heterocycles. The van der Waals surface area contributed by atoms with Crippen LogP contribution < -0.4 is 10.0 Å². The van der Waals surface area contributed by atoms with E-state index in [2.05, 4.69) is 10.0 Å². The average Bonchev–Trinajstić information content (AvgIpc) is 2.18. The fourth-order valence-electron chi connectivity index (χ4n) is 1.75. The Morgan fingerprint density at radius 2 is 2.33 bits per heavy atom. The van der Waals surface area contributed by atoms with E-state index in [0.29, 0.717) is 13.2 Å². The molecule has 0 radical (unpaired) electrons. The van der Waals surface area contributed by atoms with Crippen LogP contribution in [0.3, 0.4) is 0 Å². The zero-order valence-corrected chi connectivity index (χ0v) is 10.1. The average molecular weight is 236 g/mol. The smallest absolute Gasteiger partial charge is 0.216 e. The minimum Gasteiger partial charge on any atom is -0.383 e. The van der Waals surface area contributed by atoms with Crippen LogP contribution in [0, 0.1) is 0 Å². The van der Waals surface area contributed by atoms with E-state index in [4.69, 9.17) is 4.74 Å². The summed E-state index contributed by atoms with van der Waals surface area (Å²) in [5, 5.41) is 2.80. The molecule has 90 valence electrons. The van der Waals surface area contributed by atoms with Crippen molar-refractivity contribution in [3.63, 3.8) is 0 Å². The SMILES string of the molecule is COCC(C)NS(=O)(=O)C1CCCNC1. The minimum absolute atomic E-state index is 0.165. The predicted molar refractivity (Wildman–Crippen MR) is 59.3 cm³/mol. The zero-order chi connectivity index (χ0) is 11.3. The van der Waals surface area contributed by atoms with Crippen molar-refractivity contribution in [1.29, 1.82) is 0 Å². The maximum absolute atomic E-state index is 11.9. The van der Waals surface area contributed by atoms with Gasteiger partial charge in [-0.2, -0.15) is 0 Å². The first-order valence-electron chi connectivity index (χ1n) is 5.27. The number of hydrogen-bond donors (Lipinski definition) is 2. The standard InChI is InChI=1S/C9H20N2O3S/c1-8(7-14-2)11-15(12,13)9-4-3-5-10-6-9/h8-11H,3-7H2,1-2H3. The molecule has 1 aliphatic rings. The van der Waals surface area contributed by atoms with Crippen molar-refractivity contribution in [2.45, 2.75) is 31.1 Å². The maximum atomic E-state index is 11.9. The summed E-state index contributed by atoms with van der Waals surface area (Å²) in [6.07, 6.45) is 1.66. The third-order valence-corrected chi connectivity index (χ3v) is 4.48. The van der Waals surface area contributed by atoms with Crippen molar-refractivity contribution >= 4 is 10.0 Å². The lowest BCUT2D eigenvalue weighted by Crippen LogP contribution is -2.47. The second kappa shape index (κ2) is 5.79. The van der Waals surface area contributed by atoms with Gasteiger partial charge in [-0.15, -0.1) is 0 Å². The summed E-state index contributed by atoms with van der Waals surface area (Å²) >= 11 is 0. The second-order valence-corrected chi connectivity index (χ2v) is 5.98. The second-order valence-electron chi connectivity index (χ2n) is 3.99. The van der Waals surface area contributed by atoms with Gasteiger partial charge in [-0.1, -0.05) is 0 Å². The molecule has 15 heavy (non-hydrogen) atoms. The van der Waals surface area contributed by atoms with Crippen LogP contribution in [-0.2, 0) is 14.8 Å². The topological polar surface area (TPSA) is 67.4 Å². The van der Waals surface area contributed by atoms with Crippen molar-refractivity contribution in [2.75, 3.05) is 26.8 Å². The Kier molecular flexibility index (Phi) is 4.98. The highest BCUT2D eigenvalue weighted by molar-refractivity contribution is 7.90. The lowest BCUT2D eigenvalue weighted by atomic mass is 10.2. The molecule has 1 rings (SSSR count). The minimum atomic E-state index is -3.20. The Bertz CT molecular complexity index is 273. The molecule has 0 aromatic rings. The molecule has 0 aromatic heterocycles. The Morgan fingerprint density at radius 1 is 1.60 bits per heavy atom. The highest BCUT2D eigenvalue weighted by atomic mass is 32.2. The molecule has 5 nitrogen and oxygen atoms in total. The fourth-order valence-corrected chi connectivity index (χ4v) is 3.38. The zero-order valence-electron chi connectivity index (χ0n) is 9.32. The van der Waals surface area contributed by atoms with Gasteiger partial charge in [0.15, 0.2) is 0 Å². The summed E-state index contributed by atoms with van der Waals surface area (Å²) in [5.74, 6) is 0. The maximum Gasteiger partial charge on any atom is 0.216 e. The van der Waals surface area contributed by atoms with Crippen LogP contribution in [0.4, 0.5) is 0 Å². The van der Waals surface area contributed by atoms with E-state index in [-0.39, 0.29) is 11.3 Å². The summed E-state index contributed by atoms with van der Waals surface area (Å²) < 4.78 is 31.3. The number of rotatable bonds is 5. The van der Waals surface area contributed by atoms with Gasteiger partial charge < -0.3 is 10.1 Å². The van der Waals surface area contributed by atoms with Crippen molar-refractivity contribution in [1.82, 2.24) is 10.0 Å². The van der Waals surface area contributed by atoms with Crippen LogP contribution >= 0.6 is 0 Å². The molecule has 0 spiro atoms. The van der Waals surface area contributed by atoms with Gasteiger partial charge in [0.05, 0.1) is 11.9 Å². The van der Waals surface area contributed by atoms with Crippen molar-refractivity contribution in [3.05, 3.63) is 0 Å². The molecule has 0 bridgehead atoms. The summed E-state index contributed by atoms with van der Waals surface area (Å²) in [4.78, 5) is 0. The van der Waals surface area contributed by atoms with Crippen LogP contribution in [0.1, 0.15) is 19.8 Å². The summed E-state index contributed by atoms with van der Waals surface area (Å²) in [6.45, 7) is 3.67. The third kappa shape index (κ3) is 4.06. The van der Waals surface area contributed by atoms with Crippen molar-refractivity contribution < 1.29 is 13.2 Å². The molecule has 6 heteroatoms. The molecule has 0 amide bonds. The first kappa shape index (κ1) is 12.9. The van der Waals surface area contributed by atoms with Gasteiger partial charge in [0.1, 0.15) is 0 Å². The largest absolute Gasteiger partial charge is 0.383 e. The van der Waals surface area contributed by atoms with Crippen LogP contribution in [-0.4, -0.2) is 46.5 Å². The van der Waals surface area contributed by atoms with E-state index in [1.807, 2.05) is 0 Å². The molecular weight excluding hydrogens is 216 g/mol. The monoisotopic (exact) mass is 236 g/mol. The fraction of sp³-hybridized carbons (Fsp3) is 1.00. The number of ether oxygens (including phenoxy) is 1. The lowest BCUT2D eigenvalue weighted by molar-refractivity contribution is 0.180. The van der Waals surface area contributed by atoms with Crippen LogP contribution in [0.5, 0.6) is 0 Å². The molecule has 2 unspecified atom stereocenters. The molecule has 0 aliphatic carbocycles. The number of sulfonamides is 1. The Balaban J connectivity index is 2.49. The summed E-state index contributed by atoms with van der Waals surface area (Å²) in [5.41, 5.74) is 0. The van der Waals surface area contributed by atoms with E-state index in [0.717, 1.165) is 19.4 Å². The molecule has 1 saturated heterocycles. The number of nitrogens with one attached hydrogen (secondary N) is 2. The summed E-state index contributed by atoms with van der Waals surface area (Å²) in [6, 6.07) is -0.165. The van der Waals surface area contributed by atoms with Crippen molar-refractivity contribution in [3.8, 4) is 0 Å². The van der Waals surface area contributed by atoms with E-state index >= 15 is 0 Å². The molecule has 1 aliphatic heterocycles. The van der Waals surface area contributed by atoms with Crippen LogP contribution in [0.25, 0.3) is 0 Å². The van der Waals surface area contributed by atoms with E-state index < -0.39 is 10.0 Å². The number of methoxy groups -OCH3 is 1. The Labute approximate surface area is 91.6 Å². The van der Waals surface area contributed by atoms with E-state index in [9.17, 15) is 8.42 Å². The first-order valence-corrected chi connectivity index (χ1v) is 6.81. The molecule has 1 fully saturated rings. The van der Waals surface area contributed by atoms with Gasteiger partial charge in [-0.3, -0.25) is 0 Å². The van der Waals surface area contributed by atoms with Crippen LogP contribution in [0.2, 0.25) is 0 Å². The summed E-state index contributed by atoms with van der Waals surface area (Å²) in [7, 11) is -1.63. The van der Waals surface area contributed by atoms with Gasteiger partial charge in [0.25, 0.3) is 0 Å². The van der Waals surface area contributed by atoms with Gasteiger partial charge in [-0.05, 0) is 26.3 Å². The molecule has 2 N–H and O–H groups in total. The highest BCUT2D eigenvalue weighted by Gasteiger charge is 2.28. The van der Waals surface area contributed by atoms with Crippen molar-refractivity contribution in [2.24, 2.45) is 0 Å². The van der Waals surface area contributed by atoms with Crippen LogP contribution in [0.15, 0.2) is 0 Å². The highest BCUT2D eigenvalue weighted by Crippen LogP contribution is 2.10. The van der Waals surface area contributed by atoms with E-state index in [1.54, 1.807) is 14.0 Å².